The molecule has 0 unspecified atom stereocenters. The number of rotatable bonds is 5. The van der Waals surface area contributed by atoms with Crippen molar-refractivity contribution in [3.63, 3.8) is 0 Å². The van der Waals surface area contributed by atoms with Crippen LogP contribution in [0.15, 0.2) is 11.8 Å². The highest BCUT2D eigenvalue weighted by molar-refractivity contribution is 4.93. The molecule has 0 aromatic heterocycles. The van der Waals surface area contributed by atoms with Crippen LogP contribution in [0.1, 0.15) is 20.3 Å². The highest BCUT2D eigenvalue weighted by Crippen LogP contribution is 1.88. The van der Waals surface area contributed by atoms with Gasteiger partial charge in [0.15, 0.2) is 0 Å². The van der Waals surface area contributed by atoms with Crippen LogP contribution < -0.4 is 5.32 Å². The van der Waals surface area contributed by atoms with Gasteiger partial charge in [0.25, 0.3) is 0 Å². The minimum absolute atomic E-state index is 0.773. The fourth-order valence-corrected chi connectivity index (χ4v) is 0.729. The number of hydrogen-bond acceptors (Lipinski definition) is 2. The first-order valence-electron chi connectivity index (χ1n) is 3.70. The number of allylic oxidation sites excluding steroid dienone is 2. The highest BCUT2D eigenvalue weighted by atomic mass is 16.5. The van der Waals surface area contributed by atoms with Gasteiger partial charge in [0.2, 0.25) is 0 Å². The molecular formula is C8H17NO. The summed E-state index contributed by atoms with van der Waals surface area (Å²) in [4.78, 5) is 0. The molecule has 0 heterocycles. The molecule has 0 spiro atoms. The Bertz CT molecular complexity index is 99.4. The number of nitrogens with one attached hydrogen (secondary N) is 1. The summed E-state index contributed by atoms with van der Waals surface area (Å²) in [5.74, 6) is 0. The van der Waals surface area contributed by atoms with Crippen molar-refractivity contribution < 1.29 is 4.74 Å². The molecule has 0 amide bonds. The van der Waals surface area contributed by atoms with E-state index in [2.05, 4.69) is 25.2 Å². The first kappa shape index (κ1) is 9.50. The molecule has 60 valence electrons. The molecule has 0 bridgehead atoms. The third-order valence-corrected chi connectivity index (χ3v) is 1.22. The summed E-state index contributed by atoms with van der Waals surface area (Å²) in [6.45, 7) is 5.87. The van der Waals surface area contributed by atoms with Gasteiger partial charge in [0.05, 0.1) is 6.61 Å². The van der Waals surface area contributed by atoms with Gasteiger partial charge in [-0.3, -0.25) is 0 Å². The van der Waals surface area contributed by atoms with Crippen LogP contribution >= 0.6 is 0 Å². The van der Waals surface area contributed by atoms with Gasteiger partial charge < -0.3 is 10.1 Å². The Morgan fingerprint density at radius 1 is 1.60 bits per heavy atom. The topological polar surface area (TPSA) is 21.3 Å². The van der Waals surface area contributed by atoms with Crippen LogP contribution in [0.2, 0.25) is 0 Å². The zero-order valence-electron chi connectivity index (χ0n) is 7.11. The third kappa shape index (κ3) is 5.63. The van der Waals surface area contributed by atoms with E-state index >= 15 is 0 Å². The quantitative estimate of drug-likeness (QED) is 0.589. The van der Waals surface area contributed by atoms with Crippen molar-refractivity contribution in [3.8, 4) is 0 Å². The Morgan fingerprint density at radius 2 is 2.30 bits per heavy atom. The van der Waals surface area contributed by atoms with Gasteiger partial charge in [-0.15, -0.1) is 0 Å². The van der Waals surface area contributed by atoms with Gasteiger partial charge in [-0.1, -0.05) is 13.0 Å². The fraction of sp³-hybridized carbons (Fsp3) is 0.750. The van der Waals surface area contributed by atoms with Crippen molar-refractivity contribution in [3.05, 3.63) is 11.8 Å². The smallest absolute Gasteiger partial charge is 0.0635 e. The molecular weight excluding hydrogens is 126 g/mol. The van der Waals surface area contributed by atoms with E-state index in [4.69, 9.17) is 4.74 Å². The molecule has 2 nitrogen and oxygen atoms in total. The van der Waals surface area contributed by atoms with Gasteiger partial charge >= 0.3 is 0 Å². The number of ether oxygens (including phenoxy) is 1. The maximum atomic E-state index is 4.88. The molecule has 0 rings (SSSR count). The third-order valence-electron chi connectivity index (χ3n) is 1.22. The van der Waals surface area contributed by atoms with E-state index < -0.39 is 0 Å². The first-order valence-corrected chi connectivity index (χ1v) is 3.70. The van der Waals surface area contributed by atoms with E-state index in [0.29, 0.717) is 0 Å². The molecule has 0 fully saturated rings. The largest absolute Gasteiger partial charge is 0.387 e. The van der Waals surface area contributed by atoms with Crippen LogP contribution in [0, 0.1) is 0 Å². The summed E-state index contributed by atoms with van der Waals surface area (Å²) in [5.41, 5.74) is 1.24. The van der Waals surface area contributed by atoms with Crippen molar-refractivity contribution >= 4 is 0 Å². The van der Waals surface area contributed by atoms with Crippen LogP contribution in [0.4, 0.5) is 0 Å². The molecule has 0 saturated carbocycles. The Balaban J connectivity index is 3.21. The summed E-state index contributed by atoms with van der Waals surface area (Å²) >= 11 is 0. The average Bonchev–Trinajstić information content (AvgIpc) is 1.89. The summed E-state index contributed by atoms with van der Waals surface area (Å²) < 4.78 is 4.88. The summed E-state index contributed by atoms with van der Waals surface area (Å²) in [6.07, 6.45) is 3.25. The Labute approximate surface area is 63.3 Å². The lowest BCUT2D eigenvalue weighted by atomic mass is 10.3. The molecule has 2 heteroatoms. The van der Waals surface area contributed by atoms with Crippen molar-refractivity contribution in [1.29, 1.82) is 0 Å². The molecule has 0 atom stereocenters. The zero-order chi connectivity index (χ0) is 7.82. The maximum absolute atomic E-state index is 4.88. The zero-order valence-corrected chi connectivity index (χ0v) is 7.11. The second kappa shape index (κ2) is 6.62. The van der Waals surface area contributed by atoms with Crippen molar-refractivity contribution in [2.45, 2.75) is 20.3 Å². The van der Waals surface area contributed by atoms with Crippen LogP contribution in [0.25, 0.3) is 0 Å². The molecule has 0 aromatic carbocycles. The Morgan fingerprint density at radius 3 is 2.80 bits per heavy atom. The van der Waals surface area contributed by atoms with E-state index in [1.54, 1.807) is 7.11 Å². The lowest BCUT2D eigenvalue weighted by molar-refractivity contribution is 0.202. The minimum atomic E-state index is 0.773. The van der Waals surface area contributed by atoms with E-state index in [1.165, 1.54) is 5.70 Å². The molecule has 0 aromatic rings. The van der Waals surface area contributed by atoms with Gasteiger partial charge in [0, 0.05) is 19.4 Å². The van der Waals surface area contributed by atoms with Crippen LogP contribution in [-0.2, 0) is 4.74 Å². The average molecular weight is 143 g/mol. The second-order valence-electron chi connectivity index (χ2n) is 2.21. The van der Waals surface area contributed by atoms with E-state index in [0.717, 1.165) is 19.6 Å². The standard InChI is InChI=1S/C8H17NO/c1-4-5-8(2)9-6-7-10-3/h5,9H,4,6-7H2,1-3H3. The van der Waals surface area contributed by atoms with E-state index in [9.17, 15) is 0 Å². The monoisotopic (exact) mass is 143 g/mol. The SMILES string of the molecule is CCC=C(C)NCCOC. The predicted octanol–water partition coefficient (Wildman–Crippen LogP) is 1.54. The molecule has 0 radical (unpaired) electrons. The summed E-state index contributed by atoms with van der Waals surface area (Å²) in [6, 6.07) is 0. The summed E-state index contributed by atoms with van der Waals surface area (Å²) in [7, 11) is 1.71. The van der Waals surface area contributed by atoms with E-state index in [-0.39, 0.29) is 0 Å². The lowest BCUT2D eigenvalue weighted by Crippen LogP contribution is -2.16. The van der Waals surface area contributed by atoms with Crippen LogP contribution in [-0.4, -0.2) is 20.3 Å². The molecule has 0 saturated heterocycles. The molecule has 10 heavy (non-hydrogen) atoms. The van der Waals surface area contributed by atoms with Crippen molar-refractivity contribution in [2.75, 3.05) is 20.3 Å². The fourth-order valence-electron chi connectivity index (χ4n) is 0.729. The molecule has 0 aliphatic heterocycles. The van der Waals surface area contributed by atoms with Gasteiger partial charge in [-0.05, 0) is 13.3 Å². The van der Waals surface area contributed by atoms with Crippen molar-refractivity contribution in [1.82, 2.24) is 5.32 Å². The number of methoxy groups -OCH3 is 1. The molecule has 0 aliphatic carbocycles. The molecule has 1 N–H and O–H groups in total. The Kier molecular flexibility index (Phi) is 6.29. The van der Waals surface area contributed by atoms with Gasteiger partial charge in [-0.25, -0.2) is 0 Å². The normalized spacial score (nSPS) is 11.7. The highest BCUT2D eigenvalue weighted by Gasteiger charge is 1.84. The Hall–Kier alpha value is -0.500. The van der Waals surface area contributed by atoms with Crippen molar-refractivity contribution in [2.24, 2.45) is 0 Å². The second-order valence-corrected chi connectivity index (χ2v) is 2.21. The van der Waals surface area contributed by atoms with Gasteiger partial charge in [0.1, 0.15) is 0 Å². The predicted molar refractivity (Wildman–Crippen MR) is 43.9 cm³/mol. The molecule has 0 aliphatic rings. The minimum Gasteiger partial charge on any atom is -0.387 e. The first-order chi connectivity index (χ1) is 4.81. The van der Waals surface area contributed by atoms with Crippen LogP contribution in [0.3, 0.4) is 0 Å². The van der Waals surface area contributed by atoms with Gasteiger partial charge in [-0.2, -0.15) is 0 Å². The lowest BCUT2D eigenvalue weighted by Gasteiger charge is -2.04. The summed E-state index contributed by atoms with van der Waals surface area (Å²) in [5, 5.41) is 3.22. The van der Waals surface area contributed by atoms with E-state index in [1.807, 2.05) is 0 Å². The maximum Gasteiger partial charge on any atom is 0.0635 e. The number of hydrogen-bond donors (Lipinski definition) is 1. The van der Waals surface area contributed by atoms with Crippen LogP contribution in [0.5, 0.6) is 0 Å².